The van der Waals surface area contributed by atoms with E-state index in [1.54, 1.807) is 60.6 Å². The first-order chi connectivity index (χ1) is 10.4. The zero-order valence-corrected chi connectivity index (χ0v) is 15.2. The van der Waals surface area contributed by atoms with Gasteiger partial charge in [-0.2, -0.15) is 0 Å². The molecule has 0 fully saturated rings. The number of hydrogen-bond acceptors (Lipinski definition) is 5. The Balaban J connectivity index is 3.29. The summed E-state index contributed by atoms with van der Waals surface area (Å²) >= 11 is 0. The zero-order chi connectivity index (χ0) is 18.1. The van der Waals surface area contributed by atoms with Crippen molar-refractivity contribution in [1.29, 1.82) is 0 Å². The molecule has 132 valence electrons. The monoisotopic (exact) mass is 327 g/mol. The lowest BCUT2D eigenvalue weighted by Gasteiger charge is -2.44. The first-order valence-electron chi connectivity index (χ1n) is 7.90. The van der Waals surface area contributed by atoms with Crippen molar-refractivity contribution in [3.05, 3.63) is 12.2 Å². The molecule has 6 nitrogen and oxygen atoms in total. The Labute approximate surface area is 138 Å². The van der Waals surface area contributed by atoms with Crippen LogP contribution in [0.2, 0.25) is 0 Å². The van der Waals surface area contributed by atoms with E-state index in [2.05, 4.69) is 0 Å². The maximum Gasteiger partial charge on any atom is 0.411 e. The maximum atomic E-state index is 12.7. The zero-order valence-electron chi connectivity index (χ0n) is 15.2. The summed E-state index contributed by atoms with van der Waals surface area (Å²) in [5, 5.41) is 10.8. The number of aliphatic hydroxyl groups is 1. The third-order valence-corrected chi connectivity index (χ3v) is 3.56. The van der Waals surface area contributed by atoms with Gasteiger partial charge in [0, 0.05) is 6.54 Å². The molecule has 1 aliphatic rings. The van der Waals surface area contributed by atoms with Crippen LogP contribution in [0.1, 0.15) is 48.5 Å². The van der Waals surface area contributed by atoms with Crippen molar-refractivity contribution in [1.82, 2.24) is 4.90 Å². The van der Waals surface area contributed by atoms with Crippen molar-refractivity contribution < 1.29 is 24.2 Å². The number of ether oxygens (including phenoxy) is 2. The van der Waals surface area contributed by atoms with Crippen molar-refractivity contribution in [3.63, 3.8) is 0 Å². The number of esters is 1. The van der Waals surface area contributed by atoms with E-state index in [-0.39, 0.29) is 13.2 Å². The molecular formula is C17H29NO5. The van der Waals surface area contributed by atoms with Gasteiger partial charge >= 0.3 is 12.1 Å². The fourth-order valence-electron chi connectivity index (χ4n) is 2.56. The summed E-state index contributed by atoms with van der Waals surface area (Å²) in [6.07, 6.45) is 1.43. The average Bonchev–Trinajstić information content (AvgIpc) is 2.80. The summed E-state index contributed by atoms with van der Waals surface area (Å²) in [4.78, 5) is 26.5. The van der Waals surface area contributed by atoms with Crippen molar-refractivity contribution in [2.24, 2.45) is 5.41 Å². The van der Waals surface area contributed by atoms with E-state index in [0.717, 1.165) is 0 Å². The minimum atomic E-state index is -1.57. The number of hydrogen-bond donors (Lipinski definition) is 1. The third-order valence-electron chi connectivity index (χ3n) is 3.56. The molecule has 0 aromatic carbocycles. The molecule has 1 rings (SSSR count). The van der Waals surface area contributed by atoms with Crippen LogP contribution in [-0.4, -0.2) is 52.5 Å². The lowest BCUT2D eigenvalue weighted by Crippen LogP contribution is -2.64. The Bertz CT molecular complexity index is 486. The first kappa shape index (κ1) is 19.5. The van der Waals surface area contributed by atoms with Gasteiger partial charge < -0.3 is 14.6 Å². The Morgan fingerprint density at radius 1 is 1.26 bits per heavy atom. The van der Waals surface area contributed by atoms with E-state index in [4.69, 9.17) is 9.47 Å². The summed E-state index contributed by atoms with van der Waals surface area (Å²) in [6.45, 7) is 12.7. The predicted octanol–water partition coefficient (Wildman–Crippen LogP) is 2.50. The standard InChI is InChI=1S/C17H29NO5/c1-8-22-13(20)17(12(19)15(2,3)4)10-9-11-18(17)14(21)23-16(5,6)7/h9-10,12,19H,8,11H2,1-7H3/t12-,17-/m1/s1. The van der Waals surface area contributed by atoms with Gasteiger partial charge in [0.1, 0.15) is 5.60 Å². The van der Waals surface area contributed by atoms with Crippen molar-refractivity contribution in [2.75, 3.05) is 13.2 Å². The van der Waals surface area contributed by atoms with Crippen molar-refractivity contribution in [3.8, 4) is 0 Å². The van der Waals surface area contributed by atoms with Gasteiger partial charge in [-0.1, -0.05) is 26.8 Å². The molecule has 1 heterocycles. The van der Waals surface area contributed by atoms with E-state index in [1.807, 2.05) is 0 Å². The molecule has 6 heteroatoms. The number of amides is 1. The molecule has 0 saturated carbocycles. The molecule has 0 aromatic rings. The number of rotatable bonds is 3. The summed E-state index contributed by atoms with van der Waals surface area (Å²) in [7, 11) is 0. The highest BCUT2D eigenvalue weighted by atomic mass is 16.6. The highest BCUT2D eigenvalue weighted by Gasteiger charge is 2.57. The Hall–Kier alpha value is -1.56. The van der Waals surface area contributed by atoms with Crippen molar-refractivity contribution >= 4 is 12.1 Å². The summed E-state index contributed by atoms with van der Waals surface area (Å²) in [5.41, 5.74) is -2.91. The normalized spacial score (nSPS) is 22.9. The molecule has 2 atom stereocenters. The fourth-order valence-corrected chi connectivity index (χ4v) is 2.56. The molecule has 0 aromatic heterocycles. The molecule has 1 amide bonds. The highest BCUT2D eigenvalue weighted by Crippen LogP contribution is 2.38. The molecular weight excluding hydrogens is 298 g/mol. The van der Waals surface area contributed by atoms with Gasteiger partial charge in [-0.15, -0.1) is 0 Å². The third kappa shape index (κ3) is 4.05. The maximum absolute atomic E-state index is 12.7. The number of nitrogens with zero attached hydrogens (tertiary/aromatic N) is 1. The summed E-state index contributed by atoms with van der Waals surface area (Å²) < 4.78 is 10.6. The molecule has 1 aliphatic heterocycles. The molecule has 0 saturated heterocycles. The van der Waals surface area contributed by atoms with Crippen LogP contribution in [-0.2, 0) is 14.3 Å². The van der Waals surface area contributed by atoms with E-state index < -0.39 is 34.7 Å². The lowest BCUT2D eigenvalue weighted by atomic mass is 9.76. The molecule has 0 bridgehead atoms. The van der Waals surface area contributed by atoms with Crippen LogP contribution in [0.4, 0.5) is 4.79 Å². The smallest absolute Gasteiger partial charge is 0.411 e. The van der Waals surface area contributed by atoms with Crippen LogP contribution in [0.25, 0.3) is 0 Å². The number of carbonyl (C=O) groups excluding carboxylic acids is 2. The second-order valence-electron chi connectivity index (χ2n) is 7.81. The Kier molecular flexibility index (Phi) is 5.52. The predicted molar refractivity (Wildman–Crippen MR) is 86.9 cm³/mol. The summed E-state index contributed by atoms with van der Waals surface area (Å²) in [6, 6.07) is 0. The SMILES string of the molecule is CCOC(=O)[C@]1([C@H](O)C(C)(C)C)C=CCN1C(=O)OC(C)(C)C. The van der Waals surface area contributed by atoms with E-state index >= 15 is 0 Å². The van der Waals surface area contributed by atoms with Crippen molar-refractivity contribution in [2.45, 2.75) is 65.7 Å². The minimum absolute atomic E-state index is 0.160. The van der Waals surface area contributed by atoms with Gasteiger partial charge in [0.25, 0.3) is 0 Å². The van der Waals surface area contributed by atoms with E-state index in [1.165, 1.54) is 4.90 Å². The van der Waals surface area contributed by atoms with Gasteiger partial charge in [-0.3, -0.25) is 4.90 Å². The van der Waals surface area contributed by atoms with Gasteiger partial charge in [-0.25, -0.2) is 9.59 Å². The Morgan fingerprint density at radius 2 is 1.83 bits per heavy atom. The second kappa shape index (κ2) is 6.51. The van der Waals surface area contributed by atoms with Crippen LogP contribution < -0.4 is 0 Å². The summed E-state index contributed by atoms with van der Waals surface area (Å²) in [5.74, 6) is -0.651. The molecule has 23 heavy (non-hydrogen) atoms. The van der Waals surface area contributed by atoms with Gasteiger partial charge in [-0.05, 0) is 39.2 Å². The van der Waals surface area contributed by atoms with Crippen LogP contribution >= 0.6 is 0 Å². The van der Waals surface area contributed by atoms with Crippen LogP contribution in [0.3, 0.4) is 0 Å². The van der Waals surface area contributed by atoms with Crippen LogP contribution in [0, 0.1) is 5.41 Å². The molecule has 0 radical (unpaired) electrons. The first-order valence-corrected chi connectivity index (χ1v) is 7.90. The molecule has 0 spiro atoms. The highest BCUT2D eigenvalue weighted by molar-refractivity contribution is 5.90. The number of carbonyl (C=O) groups is 2. The van der Waals surface area contributed by atoms with Crippen LogP contribution in [0.5, 0.6) is 0 Å². The fraction of sp³-hybridized carbons (Fsp3) is 0.765. The second-order valence-corrected chi connectivity index (χ2v) is 7.81. The minimum Gasteiger partial charge on any atom is -0.464 e. The topological polar surface area (TPSA) is 76.1 Å². The molecule has 1 N–H and O–H groups in total. The largest absolute Gasteiger partial charge is 0.464 e. The lowest BCUT2D eigenvalue weighted by molar-refractivity contribution is -0.164. The van der Waals surface area contributed by atoms with Gasteiger partial charge in [0.2, 0.25) is 0 Å². The number of aliphatic hydroxyl groups excluding tert-OH is 1. The Morgan fingerprint density at radius 3 is 2.26 bits per heavy atom. The van der Waals surface area contributed by atoms with Gasteiger partial charge in [0.15, 0.2) is 5.54 Å². The quantitative estimate of drug-likeness (QED) is 0.637. The molecule has 0 unspecified atom stereocenters. The average molecular weight is 327 g/mol. The van der Waals surface area contributed by atoms with E-state index in [9.17, 15) is 14.7 Å². The van der Waals surface area contributed by atoms with Gasteiger partial charge in [0.05, 0.1) is 12.7 Å². The van der Waals surface area contributed by atoms with Crippen LogP contribution in [0.15, 0.2) is 12.2 Å². The molecule has 0 aliphatic carbocycles. The van der Waals surface area contributed by atoms with E-state index in [0.29, 0.717) is 0 Å².